The number of nitrogens with two attached hydrogens (primary N) is 3. The van der Waals surface area contributed by atoms with Crippen LogP contribution in [0.1, 0.15) is 47.9 Å². The standard InChI is InChI=1S/C43H52N10O5/c44-39(55)35(25-31-27-49-33-17-8-7-16-32(31)33)52-40(56)34(18-10-21-48-43(45)46)51-42(58)37(23-29-13-5-2-6-14-29)53-41(57)36(24-30-20-22-47-26-30)50-38(54)19-9-15-28-11-3-1-4-12-28/h1-8,11-14,16-17,20,22,26-27,34-37,47,49H,9-10,15,18-19,21,23-25H2,(H2,44,55)(H,50,54)(H,51,58)(H,52,56)(H,53,57)(H4,45,46,48)/t34-,35+,36-,37+/m0/s1. The van der Waals surface area contributed by atoms with Gasteiger partial charge in [-0.2, -0.15) is 0 Å². The van der Waals surface area contributed by atoms with Crippen molar-refractivity contribution in [1.29, 1.82) is 0 Å². The van der Waals surface area contributed by atoms with Gasteiger partial charge in [0.1, 0.15) is 24.2 Å². The van der Waals surface area contributed by atoms with Gasteiger partial charge in [0.05, 0.1) is 0 Å². The van der Waals surface area contributed by atoms with E-state index in [-0.39, 0.29) is 50.5 Å². The zero-order chi connectivity index (χ0) is 41.3. The number of guanidine groups is 1. The van der Waals surface area contributed by atoms with Gasteiger partial charge in [0.15, 0.2) is 5.96 Å². The van der Waals surface area contributed by atoms with Crippen LogP contribution in [-0.4, -0.2) is 76.2 Å². The van der Waals surface area contributed by atoms with Crippen molar-refractivity contribution in [2.45, 2.75) is 75.5 Å². The van der Waals surface area contributed by atoms with Crippen LogP contribution >= 0.6 is 0 Å². The highest BCUT2D eigenvalue weighted by Gasteiger charge is 2.31. The molecule has 58 heavy (non-hydrogen) atoms. The molecule has 0 fully saturated rings. The highest BCUT2D eigenvalue weighted by atomic mass is 16.2. The Labute approximate surface area is 337 Å². The summed E-state index contributed by atoms with van der Waals surface area (Å²) in [5.74, 6) is -3.06. The number of amides is 5. The lowest BCUT2D eigenvalue weighted by Crippen LogP contribution is -2.59. The second-order valence-corrected chi connectivity index (χ2v) is 14.2. The fourth-order valence-electron chi connectivity index (χ4n) is 6.69. The van der Waals surface area contributed by atoms with Crippen LogP contribution in [0.3, 0.4) is 0 Å². The molecule has 2 heterocycles. The van der Waals surface area contributed by atoms with E-state index in [1.54, 1.807) is 24.7 Å². The third-order valence-corrected chi connectivity index (χ3v) is 9.72. The van der Waals surface area contributed by atoms with Gasteiger partial charge < -0.3 is 48.4 Å². The molecule has 15 heteroatoms. The SMILES string of the molecule is NC(=O)[C@@H](Cc1c[nH]c2ccccc12)NC(=O)[C@H](CCCN=C(N)N)NC(=O)[C@@H](Cc1ccccc1)NC(=O)[C@H](Cc1cc[nH]c1)NC(=O)CCCc1ccccc1. The molecule has 304 valence electrons. The number of aromatic nitrogens is 2. The van der Waals surface area contributed by atoms with Crippen LogP contribution in [0.15, 0.2) is 115 Å². The molecule has 5 rings (SSSR count). The molecule has 0 saturated carbocycles. The fourth-order valence-corrected chi connectivity index (χ4v) is 6.69. The van der Waals surface area contributed by atoms with Crippen LogP contribution in [-0.2, 0) is 49.7 Å². The lowest BCUT2D eigenvalue weighted by molar-refractivity contribution is -0.134. The molecule has 0 saturated heterocycles. The lowest BCUT2D eigenvalue weighted by atomic mass is 10.0. The molecule has 0 aliphatic rings. The Hall–Kier alpha value is -6.90. The number of para-hydroxylation sites is 1. The van der Waals surface area contributed by atoms with Gasteiger partial charge in [0.25, 0.3) is 0 Å². The summed E-state index contributed by atoms with van der Waals surface area (Å²) < 4.78 is 0. The topological polar surface area (TPSA) is 255 Å². The summed E-state index contributed by atoms with van der Waals surface area (Å²) in [5, 5.41) is 12.1. The van der Waals surface area contributed by atoms with Crippen molar-refractivity contribution in [1.82, 2.24) is 31.2 Å². The number of nitrogens with one attached hydrogen (secondary N) is 6. The number of carbonyl (C=O) groups is 5. The highest BCUT2D eigenvalue weighted by molar-refractivity contribution is 5.96. The van der Waals surface area contributed by atoms with E-state index < -0.39 is 47.8 Å². The highest BCUT2D eigenvalue weighted by Crippen LogP contribution is 2.19. The Bertz CT molecular complexity index is 2130. The first-order valence-corrected chi connectivity index (χ1v) is 19.4. The van der Waals surface area contributed by atoms with Gasteiger partial charge >= 0.3 is 0 Å². The summed E-state index contributed by atoms with van der Waals surface area (Å²) in [6.45, 7) is 0.173. The lowest BCUT2D eigenvalue weighted by Gasteiger charge is -2.26. The summed E-state index contributed by atoms with van der Waals surface area (Å²) in [6, 6.07) is 23.8. The number of carbonyl (C=O) groups excluding carboxylic acids is 5. The van der Waals surface area contributed by atoms with E-state index in [1.807, 2.05) is 84.9 Å². The minimum atomic E-state index is -1.17. The summed E-state index contributed by atoms with van der Waals surface area (Å²) in [4.78, 5) is 78.2. The van der Waals surface area contributed by atoms with Gasteiger partial charge in [-0.15, -0.1) is 0 Å². The van der Waals surface area contributed by atoms with E-state index in [9.17, 15) is 24.0 Å². The number of nitrogens with zero attached hydrogens (tertiary/aromatic N) is 1. The van der Waals surface area contributed by atoms with Crippen molar-refractivity contribution in [3.05, 3.63) is 132 Å². The van der Waals surface area contributed by atoms with Crippen LogP contribution in [0.2, 0.25) is 0 Å². The number of primary amides is 1. The molecule has 15 nitrogen and oxygen atoms in total. The van der Waals surface area contributed by atoms with Gasteiger partial charge in [-0.3, -0.25) is 29.0 Å². The van der Waals surface area contributed by atoms with E-state index in [2.05, 4.69) is 36.2 Å². The first-order valence-electron chi connectivity index (χ1n) is 19.4. The number of hydrogen-bond donors (Lipinski definition) is 9. The van der Waals surface area contributed by atoms with Crippen LogP contribution in [0, 0.1) is 0 Å². The van der Waals surface area contributed by atoms with Gasteiger partial charge in [0, 0.05) is 61.7 Å². The summed E-state index contributed by atoms with van der Waals surface area (Å²) in [5.41, 5.74) is 21.1. The largest absolute Gasteiger partial charge is 0.370 e. The number of aliphatic imine (C=N–C) groups is 1. The number of H-pyrrole nitrogens is 2. The fraction of sp³-hybridized carbons (Fsp3) is 0.302. The van der Waals surface area contributed by atoms with Crippen molar-refractivity contribution in [3.8, 4) is 0 Å². The smallest absolute Gasteiger partial charge is 0.243 e. The van der Waals surface area contributed by atoms with Crippen LogP contribution in [0.5, 0.6) is 0 Å². The molecule has 0 unspecified atom stereocenters. The third kappa shape index (κ3) is 13.1. The van der Waals surface area contributed by atoms with Crippen molar-refractivity contribution in [3.63, 3.8) is 0 Å². The first kappa shape index (κ1) is 42.2. The van der Waals surface area contributed by atoms with Crippen molar-refractivity contribution >= 4 is 46.4 Å². The molecule has 0 aliphatic heterocycles. The molecule has 3 aromatic carbocycles. The summed E-state index contributed by atoms with van der Waals surface area (Å²) in [7, 11) is 0. The molecule has 0 bridgehead atoms. The number of hydrogen-bond acceptors (Lipinski definition) is 6. The first-order chi connectivity index (χ1) is 28.0. The molecule has 5 aromatic rings. The summed E-state index contributed by atoms with van der Waals surface area (Å²) in [6.07, 6.45) is 7.43. The van der Waals surface area contributed by atoms with E-state index in [4.69, 9.17) is 17.2 Å². The quantitative estimate of drug-likeness (QED) is 0.0286. The maximum atomic E-state index is 14.2. The summed E-state index contributed by atoms with van der Waals surface area (Å²) >= 11 is 0. The number of fused-ring (bicyclic) bond motifs is 1. The zero-order valence-corrected chi connectivity index (χ0v) is 32.3. The monoisotopic (exact) mass is 788 g/mol. The molecule has 4 atom stereocenters. The van der Waals surface area contributed by atoms with Gasteiger partial charge in [-0.05, 0) is 60.1 Å². The predicted octanol–water partition coefficient (Wildman–Crippen LogP) is 2.02. The molecule has 5 amide bonds. The Kier molecular flexibility index (Phi) is 15.6. The Balaban J connectivity index is 1.33. The van der Waals surface area contributed by atoms with Gasteiger partial charge in [-0.1, -0.05) is 78.9 Å². The molecule has 0 aliphatic carbocycles. The zero-order valence-electron chi connectivity index (χ0n) is 32.3. The van der Waals surface area contributed by atoms with Crippen molar-refractivity contribution < 1.29 is 24.0 Å². The molecule has 2 aromatic heterocycles. The Morgan fingerprint density at radius 2 is 1.21 bits per heavy atom. The number of aromatic amines is 2. The molecule has 0 spiro atoms. The second-order valence-electron chi connectivity index (χ2n) is 14.2. The minimum Gasteiger partial charge on any atom is -0.370 e. The van der Waals surface area contributed by atoms with Crippen molar-refractivity contribution in [2.75, 3.05) is 6.54 Å². The predicted molar refractivity (Wildman–Crippen MR) is 223 cm³/mol. The molecule has 0 radical (unpaired) electrons. The van der Waals surface area contributed by atoms with Crippen LogP contribution in [0.25, 0.3) is 10.9 Å². The Morgan fingerprint density at radius 1 is 0.603 bits per heavy atom. The van der Waals surface area contributed by atoms with Gasteiger partial charge in [0.2, 0.25) is 29.5 Å². The van der Waals surface area contributed by atoms with Gasteiger partial charge in [-0.25, -0.2) is 0 Å². The molecular formula is C43H52N10O5. The average Bonchev–Trinajstić information content (AvgIpc) is 3.89. The number of rotatable bonds is 22. The number of benzene rings is 3. The number of aryl methyl sites for hydroxylation is 1. The van der Waals surface area contributed by atoms with E-state index in [1.165, 1.54) is 0 Å². The van der Waals surface area contributed by atoms with E-state index in [0.29, 0.717) is 19.3 Å². The second kappa shape index (κ2) is 21.4. The maximum absolute atomic E-state index is 14.2. The maximum Gasteiger partial charge on any atom is 0.243 e. The average molecular weight is 789 g/mol. The van der Waals surface area contributed by atoms with Crippen LogP contribution in [0.4, 0.5) is 0 Å². The Morgan fingerprint density at radius 3 is 1.88 bits per heavy atom. The van der Waals surface area contributed by atoms with Crippen LogP contribution < -0.4 is 38.5 Å². The minimum absolute atomic E-state index is 0.0765. The normalized spacial score (nSPS) is 13.0. The van der Waals surface area contributed by atoms with E-state index in [0.717, 1.165) is 33.2 Å². The molecular weight excluding hydrogens is 737 g/mol. The van der Waals surface area contributed by atoms with E-state index >= 15 is 0 Å². The molecule has 12 N–H and O–H groups in total. The van der Waals surface area contributed by atoms with Crippen molar-refractivity contribution in [2.24, 2.45) is 22.2 Å². The third-order valence-electron chi connectivity index (χ3n) is 9.72.